The highest BCUT2D eigenvalue weighted by Crippen LogP contribution is 2.53. The van der Waals surface area contributed by atoms with Crippen molar-refractivity contribution in [2.45, 2.75) is 82.5 Å². The van der Waals surface area contributed by atoms with Crippen LogP contribution in [0.15, 0.2) is 12.2 Å². The van der Waals surface area contributed by atoms with E-state index in [1.54, 1.807) is 39.5 Å². The molecule has 2 heterocycles. The van der Waals surface area contributed by atoms with Gasteiger partial charge in [0.25, 0.3) is 0 Å². The van der Waals surface area contributed by atoms with Gasteiger partial charge in [0.05, 0.1) is 5.37 Å². The number of nitrogens with zero attached hydrogens (tertiary/aromatic N) is 2. The number of amides is 3. The van der Waals surface area contributed by atoms with Crippen molar-refractivity contribution in [2.75, 3.05) is 12.8 Å². The summed E-state index contributed by atoms with van der Waals surface area (Å²) in [7, 11) is 1.47. The van der Waals surface area contributed by atoms with Crippen LogP contribution in [0.1, 0.15) is 53.4 Å². The molecule has 32 heavy (non-hydrogen) atoms. The van der Waals surface area contributed by atoms with Crippen molar-refractivity contribution in [3.05, 3.63) is 12.2 Å². The average Bonchev–Trinajstić information content (AvgIpc) is 3.25. The summed E-state index contributed by atoms with van der Waals surface area (Å²) in [5, 5.41) is 12.5. The molecule has 0 aromatic heterocycles. The van der Waals surface area contributed by atoms with E-state index in [1.807, 2.05) is 12.2 Å². The molecular formula is C22H33N3O6S. The first kappa shape index (κ1) is 24.4. The summed E-state index contributed by atoms with van der Waals surface area (Å²) < 4.78 is 5.31. The summed E-state index contributed by atoms with van der Waals surface area (Å²) >= 11 is 1.58. The second-order valence-electron chi connectivity index (χ2n) is 9.87. The Morgan fingerprint density at radius 3 is 2.50 bits per heavy atom. The number of ether oxygens (including phenoxy) is 1. The van der Waals surface area contributed by atoms with Gasteiger partial charge in [-0.15, -0.1) is 11.8 Å². The number of likely N-dealkylation sites (N-methyl/N-ethyl adjacent to an activating group) is 1. The topological polar surface area (TPSA) is 116 Å². The molecule has 4 atom stereocenters. The molecule has 0 radical (unpaired) electrons. The zero-order valence-corrected chi connectivity index (χ0v) is 20.1. The van der Waals surface area contributed by atoms with Gasteiger partial charge < -0.3 is 20.1 Å². The SMILES string of the molecule is C[C@@H](C(=O)N[C@H]1CCSC2CC3(CC=CC3)[C@@H](C(=O)O)N2C1=O)N(C)C(=O)OC(C)(C)C. The summed E-state index contributed by atoms with van der Waals surface area (Å²) in [5.74, 6) is -1.22. The summed E-state index contributed by atoms with van der Waals surface area (Å²) in [6, 6.07) is -2.61. The average molecular weight is 468 g/mol. The number of allylic oxidation sites excluding steroid dienone is 2. The largest absolute Gasteiger partial charge is 0.480 e. The molecule has 0 saturated carbocycles. The van der Waals surface area contributed by atoms with E-state index in [4.69, 9.17) is 4.74 Å². The highest BCUT2D eigenvalue weighted by atomic mass is 32.2. The first-order valence-electron chi connectivity index (χ1n) is 10.9. The summed E-state index contributed by atoms with van der Waals surface area (Å²) in [6.07, 6.45) is 5.66. The first-order chi connectivity index (χ1) is 14.9. The second kappa shape index (κ2) is 8.96. The number of fused-ring (bicyclic) bond motifs is 1. The van der Waals surface area contributed by atoms with Crippen LogP contribution < -0.4 is 5.32 Å². The molecule has 1 unspecified atom stereocenters. The lowest BCUT2D eigenvalue weighted by Gasteiger charge is -2.34. The molecule has 3 aliphatic rings. The predicted octanol–water partition coefficient (Wildman–Crippen LogP) is 2.21. The van der Waals surface area contributed by atoms with Gasteiger partial charge in [0.15, 0.2) is 0 Å². The zero-order chi connectivity index (χ0) is 23.8. The number of rotatable bonds is 4. The fourth-order valence-electron chi connectivity index (χ4n) is 4.64. The van der Waals surface area contributed by atoms with Crippen molar-refractivity contribution in [3.8, 4) is 0 Å². The Kier molecular flexibility index (Phi) is 6.83. The maximum Gasteiger partial charge on any atom is 0.410 e. The van der Waals surface area contributed by atoms with Gasteiger partial charge in [-0.1, -0.05) is 12.2 Å². The molecule has 2 N–H and O–H groups in total. The van der Waals surface area contributed by atoms with Crippen LogP contribution in [0.4, 0.5) is 4.79 Å². The standard InChI is InChI=1S/C22H33N3O6S/c1-13(24(5)20(30)31-21(2,3)4)17(26)23-14-8-11-32-15-12-22(9-6-7-10-22)16(19(28)29)25(15)18(14)27/h6-7,13-16H,8-12H2,1-5H3,(H,23,26)(H,28,29)/t13-,14-,15?,16+/m0/s1. The normalized spacial score (nSPS) is 27.6. The Balaban J connectivity index is 1.72. The van der Waals surface area contributed by atoms with Crippen LogP contribution in [0.2, 0.25) is 0 Å². The fraction of sp³-hybridized carbons (Fsp3) is 0.727. The third-order valence-electron chi connectivity index (χ3n) is 6.43. The molecule has 178 valence electrons. The van der Waals surface area contributed by atoms with Gasteiger partial charge in [-0.05, 0) is 59.1 Å². The van der Waals surface area contributed by atoms with E-state index in [0.717, 1.165) is 0 Å². The highest BCUT2D eigenvalue weighted by Gasteiger charge is 2.58. The van der Waals surface area contributed by atoms with Crippen molar-refractivity contribution < 1.29 is 29.0 Å². The molecule has 2 aliphatic heterocycles. The van der Waals surface area contributed by atoms with Crippen molar-refractivity contribution in [3.63, 3.8) is 0 Å². The predicted molar refractivity (Wildman–Crippen MR) is 120 cm³/mol. The minimum Gasteiger partial charge on any atom is -0.480 e. The molecular weight excluding hydrogens is 434 g/mol. The number of hydrogen-bond donors (Lipinski definition) is 2. The number of nitrogens with one attached hydrogen (secondary N) is 1. The molecule has 3 rings (SSSR count). The molecule has 0 aromatic carbocycles. The van der Waals surface area contributed by atoms with Gasteiger partial charge in [-0.3, -0.25) is 14.5 Å². The number of aliphatic carboxylic acids is 1. The smallest absolute Gasteiger partial charge is 0.410 e. The molecule has 0 bridgehead atoms. The number of carboxylic acid groups (broad SMARTS) is 1. The van der Waals surface area contributed by atoms with Crippen molar-refractivity contribution in [1.29, 1.82) is 0 Å². The third-order valence-corrected chi connectivity index (χ3v) is 7.68. The zero-order valence-electron chi connectivity index (χ0n) is 19.3. The second-order valence-corrected chi connectivity index (χ2v) is 11.2. The summed E-state index contributed by atoms with van der Waals surface area (Å²) in [4.78, 5) is 53.5. The first-order valence-corrected chi connectivity index (χ1v) is 12.0. The van der Waals surface area contributed by atoms with Gasteiger partial charge in [-0.2, -0.15) is 0 Å². The molecule has 1 spiro atoms. The van der Waals surface area contributed by atoms with Crippen LogP contribution >= 0.6 is 11.8 Å². The van der Waals surface area contributed by atoms with Gasteiger partial charge in [0.2, 0.25) is 11.8 Å². The minimum atomic E-state index is -1.00. The summed E-state index contributed by atoms with van der Waals surface area (Å²) in [5.41, 5.74) is -1.17. The van der Waals surface area contributed by atoms with E-state index in [0.29, 0.717) is 31.4 Å². The Labute approximate surface area is 192 Å². The Morgan fingerprint density at radius 2 is 1.94 bits per heavy atom. The molecule has 0 aromatic rings. The number of carboxylic acids is 1. The molecule has 10 heteroatoms. The minimum absolute atomic E-state index is 0.215. The third kappa shape index (κ3) is 4.74. The van der Waals surface area contributed by atoms with E-state index in [-0.39, 0.29) is 11.3 Å². The lowest BCUT2D eigenvalue weighted by molar-refractivity contribution is -0.153. The van der Waals surface area contributed by atoms with Crippen molar-refractivity contribution >= 4 is 35.6 Å². The lowest BCUT2D eigenvalue weighted by Crippen LogP contribution is -2.57. The summed E-state index contributed by atoms with van der Waals surface area (Å²) in [6.45, 7) is 6.78. The van der Waals surface area contributed by atoms with E-state index < -0.39 is 47.1 Å². The van der Waals surface area contributed by atoms with Crippen LogP contribution in [-0.2, 0) is 19.1 Å². The Hall–Kier alpha value is -2.23. The Bertz CT molecular complexity index is 815. The van der Waals surface area contributed by atoms with Crippen LogP contribution in [0.5, 0.6) is 0 Å². The molecule has 1 aliphatic carbocycles. The van der Waals surface area contributed by atoms with E-state index in [1.165, 1.54) is 16.8 Å². The van der Waals surface area contributed by atoms with Gasteiger partial charge in [-0.25, -0.2) is 9.59 Å². The van der Waals surface area contributed by atoms with Crippen LogP contribution in [0.3, 0.4) is 0 Å². The van der Waals surface area contributed by atoms with Crippen molar-refractivity contribution in [1.82, 2.24) is 15.1 Å². The number of carbonyl (C=O) groups excluding carboxylic acids is 3. The fourth-order valence-corrected chi connectivity index (χ4v) is 6.12. The number of thioether (sulfide) groups is 1. The van der Waals surface area contributed by atoms with Gasteiger partial charge in [0, 0.05) is 12.5 Å². The van der Waals surface area contributed by atoms with Crippen LogP contribution in [-0.4, -0.2) is 80.7 Å². The number of carbonyl (C=O) groups is 4. The van der Waals surface area contributed by atoms with Gasteiger partial charge in [0.1, 0.15) is 23.7 Å². The van der Waals surface area contributed by atoms with Crippen LogP contribution in [0, 0.1) is 5.41 Å². The van der Waals surface area contributed by atoms with Crippen LogP contribution in [0.25, 0.3) is 0 Å². The van der Waals surface area contributed by atoms with E-state index in [2.05, 4.69) is 5.32 Å². The lowest BCUT2D eigenvalue weighted by atomic mass is 9.78. The molecule has 2 saturated heterocycles. The molecule has 3 amide bonds. The maximum absolute atomic E-state index is 13.4. The highest BCUT2D eigenvalue weighted by molar-refractivity contribution is 7.99. The number of hydrogen-bond acceptors (Lipinski definition) is 6. The van der Waals surface area contributed by atoms with E-state index in [9.17, 15) is 24.3 Å². The molecule has 9 nitrogen and oxygen atoms in total. The molecule has 2 fully saturated rings. The monoisotopic (exact) mass is 467 g/mol. The van der Waals surface area contributed by atoms with Crippen molar-refractivity contribution in [2.24, 2.45) is 5.41 Å². The quantitative estimate of drug-likeness (QED) is 0.609. The Morgan fingerprint density at radius 1 is 1.31 bits per heavy atom. The van der Waals surface area contributed by atoms with Gasteiger partial charge >= 0.3 is 12.1 Å². The van der Waals surface area contributed by atoms with E-state index >= 15 is 0 Å². The maximum atomic E-state index is 13.4.